The van der Waals surface area contributed by atoms with E-state index >= 15 is 0 Å². The van der Waals surface area contributed by atoms with Gasteiger partial charge in [-0.3, -0.25) is 0 Å². The Labute approximate surface area is 87.2 Å². The number of hydrogen-bond donors (Lipinski definition) is 2. The van der Waals surface area contributed by atoms with Gasteiger partial charge in [0.15, 0.2) is 11.5 Å². The van der Waals surface area contributed by atoms with Crippen molar-refractivity contribution in [2.75, 3.05) is 7.11 Å². The smallest absolute Gasteiger partial charge is 0.507 e. The summed E-state index contributed by atoms with van der Waals surface area (Å²) in [5, 5.41) is 16.6. The molecular weight excluding hydrogens is 235 g/mol. The maximum Gasteiger partial charge on any atom is 0.707 e. The zero-order valence-corrected chi connectivity index (χ0v) is 7.80. The molecule has 16 heavy (non-hydrogen) atoms. The second kappa shape index (κ2) is 4.58. The Kier molecular flexibility index (Phi) is 3.60. The van der Waals surface area contributed by atoms with Gasteiger partial charge in [-0.05, 0) is 0 Å². The summed E-state index contributed by atoms with van der Waals surface area (Å²) in [6, 6.07) is 0. The van der Waals surface area contributed by atoms with Gasteiger partial charge in [0, 0.05) is 0 Å². The summed E-state index contributed by atoms with van der Waals surface area (Å²) in [7, 11) is -1.81. The number of hydrogen-bond acceptors (Lipinski definition) is 4. The summed E-state index contributed by atoms with van der Waals surface area (Å²) in [5.74, 6) is -10.4. The Bertz CT molecular complexity index is 383. The average molecular weight is 240 g/mol. The molecule has 0 fully saturated rings. The third-order valence-electron chi connectivity index (χ3n) is 1.61. The van der Waals surface area contributed by atoms with Crippen LogP contribution >= 0.6 is 0 Å². The van der Waals surface area contributed by atoms with Gasteiger partial charge in [0.25, 0.3) is 0 Å². The predicted molar refractivity (Wildman–Crippen MR) is 43.6 cm³/mol. The molecular formula is C7H5BF4O4. The first kappa shape index (κ1) is 12.6. The third-order valence-corrected chi connectivity index (χ3v) is 1.61. The van der Waals surface area contributed by atoms with Crippen molar-refractivity contribution in [3.05, 3.63) is 23.3 Å². The number of methoxy groups -OCH3 is 1. The Morgan fingerprint density at radius 1 is 0.875 bits per heavy atom. The lowest BCUT2D eigenvalue weighted by Gasteiger charge is -2.11. The molecule has 0 aromatic heterocycles. The van der Waals surface area contributed by atoms with Crippen LogP contribution in [0.5, 0.6) is 11.5 Å². The molecule has 1 rings (SSSR count). The number of halogens is 4. The van der Waals surface area contributed by atoms with Gasteiger partial charge in [-0.25, -0.2) is 0 Å². The fourth-order valence-corrected chi connectivity index (χ4v) is 0.980. The Morgan fingerprint density at radius 2 is 1.25 bits per heavy atom. The van der Waals surface area contributed by atoms with Gasteiger partial charge in [-0.2, -0.15) is 17.6 Å². The molecule has 0 aliphatic heterocycles. The van der Waals surface area contributed by atoms with Gasteiger partial charge < -0.3 is 19.4 Å². The number of ether oxygens (including phenoxy) is 1. The second-order valence-electron chi connectivity index (χ2n) is 2.56. The standard InChI is InChI=1S/C7H5BF4O4/c1-15-6-2(9)4(11)7(16-8(13)14)5(12)3(6)10/h13-14H,1H3. The highest BCUT2D eigenvalue weighted by Gasteiger charge is 2.29. The minimum absolute atomic E-state index is 0.807. The van der Waals surface area contributed by atoms with Crippen LogP contribution in [0.4, 0.5) is 17.6 Å². The van der Waals surface area contributed by atoms with Gasteiger partial charge in [-0.1, -0.05) is 0 Å². The Morgan fingerprint density at radius 3 is 1.56 bits per heavy atom. The molecule has 1 aromatic carbocycles. The van der Waals surface area contributed by atoms with Crippen LogP contribution in [-0.2, 0) is 0 Å². The minimum Gasteiger partial charge on any atom is -0.507 e. The molecule has 9 heteroatoms. The first-order valence-electron chi connectivity index (χ1n) is 3.82. The van der Waals surface area contributed by atoms with Crippen molar-refractivity contribution in [2.24, 2.45) is 0 Å². The fourth-order valence-electron chi connectivity index (χ4n) is 0.980. The summed E-state index contributed by atoms with van der Waals surface area (Å²) in [6.45, 7) is 0. The van der Waals surface area contributed by atoms with Gasteiger partial charge in [0.05, 0.1) is 7.11 Å². The van der Waals surface area contributed by atoms with Crippen molar-refractivity contribution in [2.45, 2.75) is 0 Å². The minimum atomic E-state index is -2.61. The molecule has 0 spiro atoms. The normalized spacial score (nSPS) is 10.2. The van der Waals surface area contributed by atoms with Crippen molar-refractivity contribution >= 4 is 7.32 Å². The van der Waals surface area contributed by atoms with Crippen molar-refractivity contribution in [3.8, 4) is 11.5 Å². The van der Waals surface area contributed by atoms with Crippen LogP contribution in [0.1, 0.15) is 0 Å². The van der Waals surface area contributed by atoms with Crippen LogP contribution in [0.15, 0.2) is 0 Å². The van der Waals surface area contributed by atoms with Gasteiger partial charge in [-0.15, -0.1) is 0 Å². The quantitative estimate of drug-likeness (QED) is 0.461. The molecule has 0 unspecified atom stereocenters. The van der Waals surface area contributed by atoms with Crippen molar-refractivity contribution < 1.29 is 37.0 Å². The molecule has 0 atom stereocenters. The van der Waals surface area contributed by atoms with E-state index in [1.165, 1.54) is 0 Å². The van der Waals surface area contributed by atoms with E-state index in [0.717, 1.165) is 7.11 Å². The number of rotatable bonds is 3. The first-order chi connectivity index (χ1) is 7.40. The molecule has 1 aromatic rings. The van der Waals surface area contributed by atoms with E-state index in [9.17, 15) is 17.6 Å². The lowest BCUT2D eigenvalue weighted by Crippen LogP contribution is -2.23. The summed E-state index contributed by atoms with van der Waals surface area (Å²) in [6.07, 6.45) is 0. The molecule has 0 saturated carbocycles. The highest BCUT2D eigenvalue weighted by Crippen LogP contribution is 2.34. The van der Waals surface area contributed by atoms with E-state index in [1.54, 1.807) is 0 Å². The molecule has 0 heterocycles. The average Bonchev–Trinajstić information content (AvgIpc) is 2.22. The lowest BCUT2D eigenvalue weighted by atomic mass is 10.2. The van der Waals surface area contributed by atoms with Crippen LogP contribution in [0.2, 0.25) is 0 Å². The first-order valence-corrected chi connectivity index (χ1v) is 3.82. The van der Waals surface area contributed by atoms with Crippen LogP contribution in [0.3, 0.4) is 0 Å². The molecule has 2 N–H and O–H groups in total. The van der Waals surface area contributed by atoms with E-state index < -0.39 is 42.1 Å². The van der Waals surface area contributed by atoms with Gasteiger partial charge >= 0.3 is 7.32 Å². The zero-order valence-electron chi connectivity index (χ0n) is 7.80. The van der Waals surface area contributed by atoms with Crippen LogP contribution in [0, 0.1) is 23.3 Å². The molecule has 0 radical (unpaired) electrons. The number of benzene rings is 1. The summed E-state index contributed by atoms with van der Waals surface area (Å²) < 4.78 is 59.9. The molecule has 88 valence electrons. The van der Waals surface area contributed by atoms with E-state index in [4.69, 9.17) is 10.0 Å². The van der Waals surface area contributed by atoms with E-state index in [2.05, 4.69) is 9.39 Å². The van der Waals surface area contributed by atoms with E-state index in [1.807, 2.05) is 0 Å². The SMILES string of the molecule is COc1c(F)c(F)c(OB(O)O)c(F)c1F. The largest absolute Gasteiger partial charge is 0.707 e. The van der Waals surface area contributed by atoms with Crippen molar-refractivity contribution in [1.29, 1.82) is 0 Å². The highest BCUT2D eigenvalue weighted by atomic mass is 19.2. The zero-order chi connectivity index (χ0) is 12.5. The van der Waals surface area contributed by atoms with Crippen molar-refractivity contribution in [3.63, 3.8) is 0 Å². The van der Waals surface area contributed by atoms with Gasteiger partial charge in [0.2, 0.25) is 23.3 Å². The summed E-state index contributed by atoms with van der Waals surface area (Å²) in [5.41, 5.74) is 0. The second-order valence-corrected chi connectivity index (χ2v) is 2.56. The molecule has 0 aliphatic rings. The van der Waals surface area contributed by atoms with Crippen LogP contribution in [-0.4, -0.2) is 24.5 Å². The summed E-state index contributed by atoms with van der Waals surface area (Å²) >= 11 is 0. The van der Waals surface area contributed by atoms with E-state index in [0.29, 0.717) is 0 Å². The Hall–Kier alpha value is -1.48. The van der Waals surface area contributed by atoms with E-state index in [-0.39, 0.29) is 0 Å². The van der Waals surface area contributed by atoms with Crippen LogP contribution in [0.25, 0.3) is 0 Å². The lowest BCUT2D eigenvalue weighted by molar-refractivity contribution is 0.261. The highest BCUT2D eigenvalue weighted by molar-refractivity contribution is 6.33. The third kappa shape index (κ3) is 2.04. The summed E-state index contributed by atoms with van der Waals surface area (Å²) in [4.78, 5) is 0. The molecule has 0 saturated heterocycles. The fraction of sp³-hybridized carbons (Fsp3) is 0.143. The maximum atomic E-state index is 13.0. The monoisotopic (exact) mass is 240 g/mol. The molecule has 0 bridgehead atoms. The predicted octanol–water partition coefficient (Wildman–Crippen LogP) is 0.600. The Balaban J connectivity index is 3.41. The maximum absolute atomic E-state index is 13.0. The topological polar surface area (TPSA) is 58.9 Å². The van der Waals surface area contributed by atoms with Crippen LogP contribution < -0.4 is 9.39 Å². The van der Waals surface area contributed by atoms with Gasteiger partial charge in [0.1, 0.15) is 0 Å². The molecule has 4 nitrogen and oxygen atoms in total. The molecule has 0 amide bonds. The van der Waals surface area contributed by atoms with Crippen molar-refractivity contribution in [1.82, 2.24) is 0 Å². The molecule has 0 aliphatic carbocycles.